The van der Waals surface area contributed by atoms with E-state index < -0.39 is 23.4 Å². The number of carbonyl (C=O) groups is 1. The number of alkyl halides is 3. The molecule has 0 atom stereocenters. The highest BCUT2D eigenvalue weighted by Gasteiger charge is 2.41. The number of ether oxygens (including phenoxy) is 2. The number of rotatable bonds is 8. The predicted octanol–water partition coefficient (Wildman–Crippen LogP) is 6.30. The molecule has 0 saturated carbocycles. The second kappa shape index (κ2) is 10.9. The molecule has 0 bridgehead atoms. The van der Waals surface area contributed by atoms with E-state index in [0.717, 1.165) is 22.4 Å². The fraction of sp³-hybridized carbons (Fsp3) is 0.103. The molecule has 0 aliphatic heterocycles. The van der Waals surface area contributed by atoms with Crippen LogP contribution in [0.5, 0.6) is 11.5 Å². The summed E-state index contributed by atoms with van der Waals surface area (Å²) in [6, 6.07) is 23.6. The highest BCUT2D eigenvalue weighted by Crippen LogP contribution is 2.34. The van der Waals surface area contributed by atoms with Gasteiger partial charge in [0, 0.05) is 12.3 Å². The summed E-state index contributed by atoms with van der Waals surface area (Å²) in [5.41, 5.74) is 0.992. The van der Waals surface area contributed by atoms with Crippen molar-refractivity contribution in [2.45, 2.75) is 12.8 Å². The second-order valence-electron chi connectivity index (χ2n) is 8.57. The average molecular weight is 547 g/mol. The van der Waals surface area contributed by atoms with Gasteiger partial charge in [0.1, 0.15) is 23.7 Å². The lowest BCUT2D eigenvalue weighted by Crippen LogP contribution is -2.18. The third-order valence-corrected chi connectivity index (χ3v) is 6.03. The predicted molar refractivity (Wildman–Crippen MR) is 139 cm³/mol. The number of methoxy groups -OCH3 is 1. The Kier molecular flexibility index (Phi) is 7.19. The van der Waals surface area contributed by atoms with E-state index in [1.165, 1.54) is 12.3 Å². The molecule has 0 aliphatic rings. The minimum absolute atomic E-state index is 0.0865. The number of aromatic nitrogens is 4. The molecule has 0 saturated heterocycles. The van der Waals surface area contributed by atoms with Gasteiger partial charge >= 0.3 is 12.1 Å². The van der Waals surface area contributed by atoms with Crippen LogP contribution in [0.2, 0.25) is 0 Å². The summed E-state index contributed by atoms with van der Waals surface area (Å²) in [4.78, 5) is 19.8. The molecule has 202 valence electrons. The molecule has 8 nitrogen and oxygen atoms in total. The van der Waals surface area contributed by atoms with Crippen LogP contribution in [-0.2, 0) is 12.8 Å². The Labute approximate surface area is 226 Å². The number of hydrogen-bond acceptors (Lipinski definition) is 6. The molecule has 2 heterocycles. The minimum Gasteiger partial charge on any atom is -0.497 e. The standard InChI is InChI=1S/C29H21F3N4O4/c1-39-21-12-10-20(11-13-21)19-8-6-18(7-9-19)17-40-24-5-3-2-4-22(24)27-33-15-14-25(35-27)36-26(29(30,31)32)23(16-34-36)28(37)38/h2-16H,17H2,1H3,(H,37,38). The van der Waals surface area contributed by atoms with Crippen molar-refractivity contribution >= 4 is 5.97 Å². The number of hydrogen-bond donors (Lipinski definition) is 1. The van der Waals surface area contributed by atoms with Gasteiger partial charge < -0.3 is 14.6 Å². The van der Waals surface area contributed by atoms with Crippen molar-refractivity contribution in [2.75, 3.05) is 7.11 Å². The van der Waals surface area contributed by atoms with Gasteiger partial charge in [-0.2, -0.15) is 18.3 Å². The zero-order valence-corrected chi connectivity index (χ0v) is 21.0. The zero-order chi connectivity index (χ0) is 28.3. The van der Waals surface area contributed by atoms with Crippen LogP contribution in [0, 0.1) is 0 Å². The van der Waals surface area contributed by atoms with Crippen LogP contribution < -0.4 is 9.47 Å². The van der Waals surface area contributed by atoms with Crippen molar-refractivity contribution in [1.82, 2.24) is 19.7 Å². The first-order valence-electron chi connectivity index (χ1n) is 11.9. The maximum atomic E-state index is 13.7. The number of halogens is 3. The summed E-state index contributed by atoms with van der Waals surface area (Å²) in [7, 11) is 1.62. The molecule has 0 amide bonds. The summed E-state index contributed by atoms with van der Waals surface area (Å²) >= 11 is 0. The third kappa shape index (κ3) is 5.48. The lowest BCUT2D eigenvalue weighted by molar-refractivity contribution is -0.143. The molecule has 0 aliphatic carbocycles. The van der Waals surface area contributed by atoms with Crippen molar-refractivity contribution in [1.29, 1.82) is 0 Å². The summed E-state index contributed by atoms with van der Waals surface area (Å²) < 4.78 is 52.8. The van der Waals surface area contributed by atoms with Gasteiger partial charge in [-0.05, 0) is 41.0 Å². The molecule has 0 unspecified atom stereocenters. The van der Waals surface area contributed by atoms with E-state index >= 15 is 0 Å². The Morgan fingerprint density at radius 2 is 1.62 bits per heavy atom. The van der Waals surface area contributed by atoms with Crippen LogP contribution in [-0.4, -0.2) is 37.9 Å². The van der Waals surface area contributed by atoms with E-state index in [1.807, 2.05) is 48.5 Å². The molecule has 0 spiro atoms. The van der Waals surface area contributed by atoms with Crippen molar-refractivity contribution in [3.05, 3.63) is 108 Å². The Morgan fingerprint density at radius 1 is 0.950 bits per heavy atom. The fourth-order valence-corrected chi connectivity index (χ4v) is 4.06. The molecule has 2 aromatic heterocycles. The van der Waals surface area contributed by atoms with Crippen molar-refractivity contribution in [3.8, 4) is 39.8 Å². The van der Waals surface area contributed by atoms with E-state index in [2.05, 4.69) is 15.1 Å². The summed E-state index contributed by atoms with van der Waals surface area (Å²) in [6.07, 6.45) is -3.06. The smallest absolute Gasteiger partial charge is 0.434 e. The summed E-state index contributed by atoms with van der Waals surface area (Å²) in [5.74, 6) is -0.708. The summed E-state index contributed by atoms with van der Waals surface area (Å²) in [6.45, 7) is 0.221. The van der Waals surface area contributed by atoms with E-state index in [4.69, 9.17) is 9.47 Å². The third-order valence-electron chi connectivity index (χ3n) is 6.03. The number of carboxylic acid groups (broad SMARTS) is 1. The van der Waals surface area contributed by atoms with Gasteiger partial charge in [-0.3, -0.25) is 0 Å². The normalized spacial score (nSPS) is 11.3. The quantitative estimate of drug-likeness (QED) is 0.244. The van der Waals surface area contributed by atoms with Crippen LogP contribution in [0.1, 0.15) is 21.6 Å². The zero-order valence-electron chi connectivity index (χ0n) is 21.0. The lowest BCUT2D eigenvalue weighted by Gasteiger charge is -2.13. The van der Waals surface area contributed by atoms with Crippen molar-refractivity contribution in [3.63, 3.8) is 0 Å². The molecular weight excluding hydrogens is 525 g/mol. The van der Waals surface area contributed by atoms with Gasteiger partial charge in [0.05, 0.1) is 18.9 Å². The maximum Gasteiger partial charge on any atom is 0.434 e. The minimum atomic E-state index is -4.97. The Bertz CT molecular complexity index is 1650. The van der Waals surface area contributed by atoms with Crippen LogP contribution in [0.4, 0.5) is 13.2 Å². The first-order valence-corrected chi connectivity index (χ1v) is 11.9. The molecule has 0 fully saturated rings. The number of benzene rings is 3. The fourth-order valence-electron chi connectivity index (χ4n) is 4.06. The van der Waals surface area contributed by atoms with Gasteiger partial charge in [0.15, 0.2) is 17.3 Å². The molecular formula is C29H21F3N4O4. The molecule has 1 N–H and O–H groups in total. The monoisotopic (exact) mass is 546 g/mol. The van der Waals surface area contributed by atoms with Crippen LogP contribution in [0.3, 0.4) is 0 Å². The number of para-hydroxylation sites is 1. The molecule has 5 aromatic rings. The van der Waals surface area contributed by atoms with Crippen molar-refractivity contribution < 1.29 is 32.5 Å². The van der Waals surface area contributed by atoms with E-state index in [-0.39, 0.29) is 18.2 Å². The highest BCUT2D eigenvalue weighted by molar-refractivity contribution is 5.89. The van der Waals surface area contributed by atoms with Gasteiger partial charge in [-0.15, -0.1) is 0 Å². The molecule has 3 aromatic carbocycles. The van der Waals surface area contributed by atoms with E-state index in [1.54, 1.807) is 31.4 Å². The van der Waals surface area contributed by atoms with E-state index in [0.29, 0.717) is 22.2 Å². The topological polar surface area (TPSA) is 99.4 Å². The van der Waals surface area contributed by atoms with E-state index in [9.17, 15) is 23.1 Å². The Morgan fingerprint density at radius 3 is 2.27 bits per heavy atom. The largest absolute Gasteiger partial charge is 0.497 e. The average Bonchev–Trinajstić information content (AvgIpc) is 3.44. The van der Waals surface area contributed by atoms with Crippen LogP contribution in [0.25, 0.3) is 28.3 Å². The number of nitrogens with zero attached hydrogens (tertiary/aromatic N) is 4. The van der Waals surface area contributed by atoms with Gasteiger partial charge in [0.25, 0.3) is 0 Å². The summed E-state index contributed by atoms with van der Waals surface area (Å²) in [5, 5.41) is 12.8. The Hall–Kier alpha value is -5.19. The molecule has 5 rings (SSSR count). The van der Waals surface area contributed by atoms with Gasteiger partial charge in [-0.25, -0.2) is 19.4 Å². The number of aromatic carboxylic acids is 1. The lowest BCUT2D eigenvalue weighted by atomic mass is 10.0. The van der Waals surface area contributed by atoms with Crippen molar-refractivity contribution in [2.24, 2.45) is 0 Å². The Balaban J connectivity index is 1.38. The molecule has 40 heavy (non-hydrogen) atoms. The SMILES string of the molecule is COc1ccc(-c2ccc(COc3ccccc3-c3nccc(-n4ncc(C(=O)O)c4C(F)(F)F)n3)cc2)cc1. The first-order chi connectivity index (χ1) is 19.2. The first kappa shape index (κ1) is 26.4. The molecule has 11 heteroatoms. The van der Waals surface area contributed by atoms with Crippen LogP contribution in [0.15, 0.2) is 91.3 Å². The van der Waals surface area contributed by atoms with Gasteiger partial charge in [-0.1, -0.05) is 48.5 Å². The number of carboxylic acids is 1. The maximum absolute atomic E-state index is 13.7. The highest BCUT2D eigenvalue weighted by atomic mass is 19.4. The van der Waals surface area contributed by atoms with Crippen LogP contribution >= 0.6 is 0 Å². The second-order valence-corrected chi connectivity index (χ2v) is 8.57. The molecule has 0 radical (unpaired) electrons. The van der Waals surface area contributed by atoms with Gasteiger partial charge in [0.2, 0.25) is 0 Å².